The van der Waals surface area contributed by atoms with Crippen molar-refractivity contribution in [2.45, 2.75) is 23.8 Å². The van der Waals surface area contributed by atoms with E-state index in [2.05, 4.69) is 5.32 Å². The van der Waals surface area contributed by atoms with Crippen molar-refractivity contribution in [3.05, 3.63) is 101 Å². The van der Waals surface area contributed by atoms with Crippen LogP contribution in [0.1, 0.15) is 30.0 Å². The smallest absolute Gasteiger partial charge is 0.243 e. The van der Waals surface area contributed by atoms with Crippen LogP contribution in [0, 0.1) is 5.92 Å². The minimum absolute atomic E-state index is 0.0498. The number of carbonyl (C=O) groups is 1. The van der Waals surface area contributed by atoms with Gasteiger partial charge in [0, 0.05) is 24.0 Å². The fourth-order valence-electron chi connectivity index (χ4n) is 4.02. The number of rotatable bonds is 6. The Morgan fingerprint density at radius 1 is 0.844 bits per heavy atom. The summed E-state index contributed by atoms with van der Waals surface area (Å²) in [5.74, 6) is -0.284. The maximum atomic E-state index is 13.1. The highest BCUT2D eigenvalue weighted by Crippen LogP contribution is 2.27. The number of benzene rings is 3. The van der Waals surface area contributed by atoms with Gasteiger partial charge in [-0.2, -0.15) is 4.31 Å². The molecule has 1 fully saturated rings. The zero-order valence-corrected chi connectivity index (χ0v) is 19.1. The summed E-state index contributed by atoms with van der Waals surface area (Å²) in [7, 11) is -3.59. The van der Waals surface area contributed by atoms with E-state index < -0.39 is 10.0 Å². The largest absolute Gasteiger partial charge is 0.345 e. The van der Waals surface area contributed by atoms with Gasteiger partial charge in [0.2, 0.25) is 15.9 Å². The predicted molar refractivity (Wildman–Crippen MR) is 126 cm³/mol. The summed E-state index contributed by atoms with van der Waals surface area (Å²) in [6.07, 6.45) is 0.962. The first-order chi connectivity index (χ1) is 15.4. The fraction of sp³-hybridized carbons (Fsp3) is 0.240. The Balaban J connectivity index is 1.44. The number of nitrogens with zero attached hydrogens (tertiary/aromatic N) is 1. The van der Waals surface area contributed by atoms with Gasteiger partial charge in [-0.1, -0.05) is 72.3 Å². The van der Waals surface area contributed by atoms with Gasteiger partial charge in [-0.3, -0.25) is 4.79 Å². The third-order valence-electron chi connectivity index (χ3n) is 5.83. The molecule has 0 radical (unpaired) electrons. The lowest BCUT2D eigenvalue weighted by Gasteiger charge is -2.31. The molecule has 7 heteroatoms. The Morgan fingerprint density at radius 2 is 1.34 bits per heavy atom. The van der Waals surface area contributed by atoms with Crippen LogP contribution in [0.2, 0.25) is 5.02 Å². The number of nitrogens with one attached hydrogen (secondary N) is 1. The summed E-state index contributed by atoms with van der Waals surface area (Å²) < 4.78 is 27.3. The van der Waals surface area contributed by atoms with Crippen molar-refractivity contribution in [2.24, 2.45) is 5.92 Å². The van der Waals surface area contributed by atoms with E-state index in [0.29, 0.717) is 31.0 Å². The van der Waals surface area contributed by atoms with Crippen molar-refractivity contribution in [1.82, 2.24) is 9.62 Å². The van der Waals surface area contributed by atoms with Gasteiger partial charge in [0.15, 0.2) is 0 Å². The van der Waals surface area contributed by atoms with Crippen LogP contribution in [0.15, 0.2) is 89.8 Å². The Morgan fingerprint density at radius 3 is 1.84 bits per heavy atom. The second-order valence-electron chi connectivity index (χ2n) is 7.90. The minimum atomic E-state index is -3.59. The van der Waals surface area contributed by atoms with E-state index in [4.69, 9.17) is 11.6 Å². The van der Waals surface area contributed by atoms with Gasteiger partial charge in [0.05, 0.1) is 10.9 Å². The summed E-state index contributed by atoms with van der Waals surface area (Å²) in [6, 6.07) is 25.6. The van der Waals surface area contributed by atoms with E-state index in [1.807, 2.05) is 60.7 Å². The highest BCUT2D eigenvalue weighted by molar-refractivity contribution is 7.89. The number of amides is 1. The summed E-state index contributed by atoms with van der Waals surface area (Å²) >= 11 is 5.88. The van der Waals surface area contributed by atoms with E-state index in [1.54, 1.807) is 12.1 Å². The molecule has 1 saturated heterocycles. The molecule has 1 N–H and O–H groups in total. The van der Waals surface area contributed by atoms with Gasteiger partial charge in [0.1, 0.15) is 0 Å². The molecule has 166 valence electrons. The molecule has 0 aromatic heterocycles. The molecule has 0 atom stereocenters. The molecule has 3 aromatic rings. The van der Waals surface area contributed by atoms with Crippen molar-refractivity contribution in [1.29, 1.82) is 0 Å². The third-order valence-corrected chi connectivity index (χ3v) is 7.99. The number of carbonyl (C=O) groups excluding carboxylic acids is 1. The fourth-order valence-corrected chi connectivity index (χ4v) is 5.62. The molecule has 3 aromatic carbocycles. The third kappa shape index (κ3) is 5.04. The molecule has 32 heavy (non-hydrogen) atoms. The quantitative estimate of drug-likeness (QED) is 0.572. The van der Waals surface area contributed by atoms with Crippen LogP contribution in [-0.2, 0) is 14.8 Å². The molecule has 1 heterocycles. The van der Waals surface area contributed by atoms with Gasteiger partial charge >= 0.3 is 0 Å². The Labute approximate surface area is 194 Å². The molecule has 1 aliphatic heterocycles. The van der Waals surface area contributed by atoms with Gasteiger partial charge < -0.3 is 5.32 Å². The summed E-state index contributed by atoms with van der Waals surface area (Å²) in [6.45, 7) is 0.620. The zero-order valence-electron chi connectivity index (χ0n) is 17.5. The maximum Gasteiger partial charge on any atom is 0.243 e. The molecular weight excluding hydrogens is 444 g/mol. The molecule has 1 amide bonds. The van der Waals surface area contributed by atoms with Crippen LogP contribution in [0.3, 0.4) is 0 Å². The minimum Gasteiger partial charge on any atom is -0.345 e. The first-order valence-corrected chi connectivity index (χ1v) is 12.4. The molecule has 0 saturated carbocycles. The Hall–Kier alpha value is -2.67. The van der Waals surface area contributed by atoms with Crippen LogP contribution < -0.4 is 5.32 Å². The van der Waals surface area contributed by atoms with E-state index in [9.17, 15) is 13.2 Å². The topological polar surface area (TPSA) is 66.5 Å². The number of halogens is 1. The summed E-state index contributed by atoms with van der Waals surface area (Å²) in [4.78, 5) is 13.3. The highest BCUT2D eigenvalue weighted by Gasteiger charge is 2.33. The number of sulfonamides is 1. The van der Waals surface area contributed by atoms with E-state index in [1.165, 1.54) is 16.4 Å². The number of piperidine rings is 1. The number of hydrogen-bond acceptors (Lipinski definition) is 3. The summed E-state index contributed by atoms with van der Waals surface area (Å²) in [5.41, 5.74) is 2.02. The van der Waals surface area contributed by atoms with E-state index in [-0.39, 0.29) is 22.8 Å². The molecule has 0 aliphatic carbocycles. The molecule has 4 rings (SSSR count). The van der Waals surface area contributed by atoms with Crippen molar-refractivity contribution < 1.29 is 13.2 Å². The highest BCUT2D eigenvalue weighted by atomic mass is 35.5. The van der Waals surface area contributed by atoms with Crippen LogP contribution in [0.4, 0.5) is 0 Å². The second-order valence-corrected chi connectivity index (χ2v) is 10.3. The van der Waals surface area contributed by atoms with Gasteiger partial charge in [-0.05, 0) is 48.2 Å². The average Bonchev–Trinajstić information content (AvgIpc) is 2.84. The SMILES string of the molecule is O=C(NC(c1ccccc1)c1ccccc1)C1CCN(S(=O)(=O)c2ccc(Cl)cc2)CC1. The van der Waals surface area contributed by atoms with Crippen molar-refractivity contribution in [3.63, 3.8) is 0 Å². The molecule has 0 unspecified atom stereocenters. The van der Waals surface area contributed by atoms with Gasteiger partial charge in [-0.15, -0.1) is 0 Å². The molecule has 1 aliphatic rings. The first-order valence-electron chi connectivity index (χ1n) is 10.6. The van der Waals surface area contributed by atoms with Crippen molar-refractivity contribution in [2.75, 3.05) is 13.1 Å². The Bertz CT molecular complexity index is 1110. The number of hydrogen-bond donors (Lipinski definition) is 1. The normalized spacial score (nSPS) is 15.6. The van der Waals surface area contributed by atoms with Gasteiger partial charge in [-0.25, -0.2) is 8.42 Å². The van der Waals surface area contributed by atoms with Crippen LogP contribution in [-0.4, -0.2) is 31.7 Å². The molecule has 0 bridgehead atoms. The zero-order chi connectivity index (χ0) is 22.6. The second kappa shape index (κ2) is 9.86. The van der Waals surface area contributed by atoms with Crippen LogP contribution >= 0.6 is 11.6 Å². The molecule has 5 nitrogen and oxygen atoms in total. The Kier molecular flexibility index (Phi) is 6.94. The molecular formula is C25H25ClN2O3S. The van der Waals surface area contributed by atoms with Gasteiger partial charge in [0.25, 0.3) is 0 Å². The maximum absolute atomic E-state index is 13.1. The predicted octanol–water partition coefficient (Wildman–Crippen LogP) is 4.65. The van der Waals surface area contributed by atoms with E-state index >= 15 is 0 Å². The lowest BCUT2D eigenvalue weighted by molar-refractivity contribution is -0.126. The summed E-state index contributed by atoms with van der Waals surface area (Å²) in [5, 5.41) is 3.68. The lowest BCUT2D eigenvalue weighted by atomic mass is 9.94. The molecule has 0 spiro atoms. The van der Waals surface area contributed by atoms with Crippen LogP contribution in [0.5, 0.6) is 0 Å². The van der Waals surface area contributed by atoms with Crippen molar-refractivity contribution in [3.8, 4) is 0 Å². The van der Waals surface area contributed by atoms with Crippen molar-refractivity contribution >= 4 is 27.5 Å². The van der Waals surface area contributed by atoms with E-state index in [0.717, 1.165) is 11.1 Å². The monoisotopic (exact) mass is 468 g/mol. The first kappa shape index (κ1) is 22.5. The standard InChI is InChI=1S/C25H25ClN2O3S/c26-22-11-13-23(14-12-22)32(30,31)28-17-15-21(16-18-28)25(29)27-24(19-7-3-1-4-8-19)20-9-5-2-6-10-20/h1-14,21,24H,15-18H2,(H,27,29). The van der Waals surface area contributed by atoms with Crippen LogP contribution in [0.25, 0.3) is 0 Å². The lowest BCUT2D eigenvalue weighted by Crippen LogP contribution is -2.43. The average molecular weight is 469 g/mol.